The minimum atomic E-state index is -3.35. The molecule has 4 rings (SSSR count). The minimum absolute atomic E-state index is 0.0384. The van der Waals surface area contributed by atoms with Crippen LogP contribution in [0.5, 0.6) is 0 Å². The van der Waals surface area contributed by atoms with Gasteiger partial charge in [-0.05, 0) is 27.7 Å². The van der Waals surface area contributed by atoms with Crippen molar-refractivity contribution in [3.63, 3.8) is 0 Å². The molecule has 0 bridgehead atoms. The molecule has 7 nitrogen and oxygen atoms in total. The largest absolute Gasteiger partial charge is 0.480 e. The average molecular weight is 487 g/mol. The molecule has 1 fully saturated rings. The van der Waals surface area contributed by atoms with E-state index in [1.54, 1.807) is 20.8 Å². The summed E-state index contributed by atoms with van der Waals surface area (Å²) in [7, 11) is 0. The molecule has 35 heavy (non-hydrogen) atoms. The molecule has 0 saturated heterocycles. The van der Waals surface area contributed by atoms with Crippen molar-refractivity contribution in [2.24, 2.45) is 17.3 Å². The number of rotatable bonds is 7. The quantitative estimate of drug-likeness (QED) is 0.548. The van der Waals surface area contributed by atoms with Crippen LogP contribution in [-0.4, -0.2) is 48.2 Å². The van der Waals surface area contributed by atoms with Crippen molar-refractivity contribution in [2.45, 2.75) is 38.7 Å². The van der Waals surface area contributed by atoms with Crippen LogP contribution in [0.2, 0.25) is 0 Å². The van der Waals surface area contributed by atoms with Crippen LogP contribution in [0.3, 0.4) is 0 Å². The van der Waals surface area contributed by atoms with Crippen LogP contribution >= 0.6 is 0 Å². The second-order valence-electron chi connectivity index (χ2n) is 10.1. The summed E-state index contributed by atoms with van der Waals surface area (Å²) in [6.07, 6.45) is -0.855. The monoisotopic (exact) mass is 486 g/mol. The maximum Gasteiger partial charge on any atom is 0.407 e. The molecule has 2 aliphatic rings. The smallest absolute Gasteiger partial charge is 0.407 e. The molecule has 0 aliphatic heterocycles. The molecule has 0 spiro atoms. The highest BCUT2D eigenvalue weighted by atomic mass is 19.3. The van der Waals surface area contributed by atoms with E-state index in [0.29, 0.717) is 0 Å². The fraction of sp³-hybridized carbons (Fsp3) is 0.423. The maximum absolute atomic E-state index is 14.3. The number of amides is 2. The number of halogens is 2. The first-order chi connectivity index (χ1) is 16.4. The highest BCUT2D eigenvalue weighted by Crippen LogP contribution is 2.55. The van der Waals surface area contributed by atoms with Gasteiger partial charge in [-0.3, -0.25) is 4.79 Å². The Balaban J connectivity index is 1.32. The zero-order valence-corrected chi connectivity index (χ0v) is 19.7. The van der Waals surface area contributed by atoms with Gasteiger partial charge in [0.25, 0.3) is 5.92 Å². The molecule has 0 heterocycles. The number of benzene rings is 2. The molecule has 3 atom stereocenters. The van der Waals surface area contributed by atoms with Gasteiger partial charge in [0, 0.05) is 12.5 Å². The van der Waals surface area contributed by atoms with Gasteiger partial charge in [-0.2, -0.15) is 0 Å². The van der Waals surface area contributed by atoms with Crippen LogP contribution < -0.4 is 10.6 Å². The molecule has 2 aromatic rings. The summed E-state index contributed by atoms with van der Waals surface area (Å²) in [6.45, 7) is 4.35. The third kappa shape index (κ3) is 4.72. The number of hydrogen-bond acceptors (Lipinski definition) is 4. The van der Waals surface area contributed by atoms with E-state index in [-0.39, 0.29) is 12.5 Å². The fourth-order valence-electron chi connectivity index (χ4n) is 4.73. The average Bonchev–Trinajstić information content (AvgIpc) is 3.20. The predicted molar refractivity (Wildman–Crippen MR) is 124 cm³/mol. The number of alkyl carbamates (subject to hydrolysis) is 1. The van der Waals surface area contributed by atoms with Gasteiger partial charge in [-0.1, -0.05) is 69.3 Å². The van der Waals surface area contributed by atoms with Gasteiger partial charge in [0.1, 0.15) is 18.6 Å². The van der Waals surface area contributed by atoms with E-state index in [1.807, 2.05) is 48.5 Å². The molecule has 186 valence electrons. The molecule has 0 radical (unpaired) electrons. The molecule has 0 aromatic heterocycles. The van der Waals surface area contributed by atoms with Gasteiger partial charge in [-0.15, -0.1) is 0 Å². The number of fused-ring (bicyclic) bond motifs is 3. The molecule has 9 heteroatoms. The van der Waals surface area contributed by atoms with Crippen molar-refractivity contribution in [1.82, 2.24) is 10.6 Å². The zero-order chi connectivity index (χ0) is 25.5. The number of carbonyl (C=O) groups is 3. The van der Waals surface area contributed by atoms with Crippen molar-refractivity contribution in [3.05, 3.63) is 59.7 Å². The van der Waals surface area contributed by atoms with Crippen molar-refractivity contribution >= 4 is 18.0 Å². The van der Waals surface area contributed by atoms with E-state index in [4.69, 9.17) is 4.74 Å². The van der Waals surface area contributed by atoms with Crippen molar-refractivity contribution < 1.29 is 33.0 Å². The van der Waals surface area contributed by atoms with Crippen LogP contribution in [0.25, 0.3) is 11.1 Å². The summed E-state index contributed by atoms with van der Waals surface area (Å²) in [6, 6.07) is 14.3. The van der Waals surface area contributed by atoms with Crippen LogP contribution in [-0.2, 0) is 14.3 Å². The van der Waals surface area contributed by atoms with Crippen LogP contribution in [0.15, 0.2) is 48.5 Å². The molecule has 3 N–H and O–H groups in total. The summed E-state index contributed by atoms with van der Waals surface area (Å²) >= 11 is 0. The van der Waals surface area contributed by atoms with E-state index in [2.05, 4.69) is 10.6 Å². The standard InChI is InChI=1S/C26H28F2N2O5/c1-25(2,3)21(23(32)33)30-22(31)20-19(26(20,27)28)12-29-24(34)35-13-18-16-10-6-4-8-14(16)15-9-5-7-11-17(15)18/h4-11,18-21H,12-13H2,1-3H3,(H,29,34)(H,30,31)(H,32,33)/t19?,20?,21-/m0/s1. The predicted octanol–water partition coefficient (Wildman–Crippen LogP) is 4.02. The molecular formula is C26H28F2N2O5. The number of carbonyl (C=O) groups excluding carboxylic acids is 2. The van der Waals surface area contributed by atoms with E-state index >= 15 is 0 Å². The Morgan fingerprint density at radius 3 is 2.09 bits per heavy atom. The third-order valence-electron chi connectivity index (χ3n) is 6.69. The highest BCUT2D eigenvalue weighted by Gasteiger charge is 2.72. The van der Waals surface area contributed by atoms with Crippen LogP contribution in [0.4, 0.5) is 13.6 Å². The lowest BCUT2D eigenvalue weighted by atomic mass is 9.86. The lowest BCUT2D eigenvalue weighted by Gasteiger charge is -2.27. The Kier molecular flexibility index (Phi) is 6.29. The van der Waals surface area contributed by atoms with E-state index in [9.17, 15) is 28.3 Å². The Morgan fingerprint density at radius 1 is 1.03 bits per heavy atom. The number of aliphatic carboxylic acids is 1. The Bertz CT molecular complexity index is 1110. The number of carboxylic acids is 1. The summed E-state index contributed by atoms with van der Waals surface area (Å²) < 4.78 is 33.9. The summed E-state index contributed by atoms with van der Waals surface area (Å²) in [5.74, 6) is -9.00. The number of nitrogens with one attached hydrogen (secondary N) is 2. The van der Waals surface area contributed by atoms with Gasteiger partial charge in [-0.25, -0.2) is 18.4 Å². The second-order valence-corrected chi connectivity index (χ2v) is 10.1. The molecule has 2 unspecified atom stereocenters. The van der Waals surface area contributed by atoms with Gasteiger partial charge < -0.3 is 20.5 Å². The first-order valence-corrected chi connectivity index (χ1v) is 11.4. The summed E-state index contributed by atoms with van der Waals surface area (Å²) in [5.41, 5.74) is 3.33. The maximum atomic E-state index is 14.3. The number of hydrogen-bond donors (Lipinski definition) is 3. The zero-order valence-electron chi connectivity index (χ0n) is 19.7. The first-order valence-electron chi connectivity index (χ1n) is 11.4. The normalized spacial score (nSPS) is 20.8. The van der Waals surface area contributed by atoms with Gasteiger partial charge in [0.05, 0.1) is 5.92 Å². The second kappa shape index (κ2) is 8.94. The molecule has 2 amide bonds. The third-order valence-corrected chi connectivity index (χ3v) is 6.69. The van der Waals surface area contributed by atoms with Crippen molar-refractivity contribution in [3.8, 4) is 11.1 Å². The lowest BCUT2D eigenvalue weighted by molar-refractivity contribution is -0.145. The Morgan fingerprint density at radius 2 is 1.57 bits per heavy atom. The van der Waals surface area contributed by atoms with Gasteiger partial charge >= 0.3 is 12.1 Å². The highest BCUT2D eigenvalue weighted by molar-refractivity contribution is 5.88. The molecule has 2 aliphatic carbocycles. The van der Waals surface area contributed by atoms with E-state index < -0.39 is 53.7 Å². The van der Waals surface area contributed by atoms with Crippen molar-refractivity contribution in [2.75, 3.05) is 13.2 Å². The summed E-state index contributed by atoms with van der Waals surface area (Å²) in [4.78, 5) is 36.1. The molecule has 1 saturated carbocycles. The van der Waals surface area contributed by atoms with Crippen LogP contribution in [0.1, 0.15) is 37.8 Å². The van der Waals surface area contributed by atoms with Gasteiger partial charge in [0.15, 0.2) is 0 Å². The molecular weight excluding hydrogens is 458 g/mol. The fourth-order valence-corrected chi connectivity index (χ4v) is 4.73. The minimum Gasteiger partial charge on any atom is -0.480 e. The molecule has 2 aromatic carbocycles. The number of alkyl halides is 2. The topological polar surface area (TPSA) is 105 Å². The van der Waals surface area contributed by atoms with Crippen LogP contribution in [0, 0.1) is 17.3 Å². The SMILES string of the molecule is CC(C)(C)[C@@H](NC(=O)C1C(CNC(=O)OCC2c3ccccc3-c3ccccc32)C1(F)F)C(=O)O. The first kappa shape index (κ1) is 24.6. The number of carboxylic acid groups (broad SMARTS) is 1. The Hall–Kier alpha value is -3.49. The number of ether oxygens (including phenoxy) is 1. The van der Waals surface area contributed by atoms with Crippen molar-refractivity contribution in [1.29, 1.82) is 0 Å². The lowest BCUT2D eigenvalue weighted by Crippen LogP contribution is -2.50. The Labute approximate surface area is 201 Å². The van der Waals surface area contributed by atoms with Gasteiger partial charge in [0.2, 0.25) is 5.91 Å². The van der Waals surface area contributed by atoms with E-state index in [0.717, 1.165) is 22.3 Å². The van der Waals surface area contributed by atoms with E-state index in [1.165, 1.54) is 0 Å². The summed E-state index contributed by atoms with van der Waals surface area (Å²) in [5, 5.41) is 13.9.